The molecule has 0 spiro atoms. The molecule has 0 aliphatic carbocycles. The standard InChI is InChI=1S/C15H24N2O3/c1-11(2)8-12(5-7-18)10-17-15(19)14-9-13(20-3)4-6-16-14/h4,6,9,11-12,18H,5,7-8,10H2,1-3H3,(H,17,19). The smallest absolute Gasteiger partial charge is 0.270 e. The van der Waals surface area contributed by atoms with E-state index in [-0.39, 0.29) is 18.4 Å². The predicted molar refractivity (Wildman–Crippen MR) is 77.8 cm³/mol. The molecule has 1 rings (SSSR count). The summed E-state index contributed by atoms with van der Waals surface area (Å²) >= 11 is 0. The molecular weight excluding hydrogens is 256 g/mol. The summed E-state index contributed by atoms with van der Waals surface area (Å²) in [6.07, 6.45) is 3.23. The Hall–Kier alpha value is -1.62. The van der Waals surface area contributed by atoms with Crippen LogP contribution in [0.5, 0.6) is 5.75 Å². The molecule has 0 aliphatic heterocycles. The highest BCUT2D eigenvalue weighted by Gasteiger charge is 2.14. The summed E-state index contributed by atoms with van der Waals surface area (Å²) in [5, 5.41) is 11.9. The third kappa shape index (κ3) is 5.57. The zero-order chi connectivity index (χ0) is 15.0. The van der Waals surface area contributed by atoms with Gasteiger partial charge in [-0.3, -0.25) is 9.78 Å². The Labute approximate surface area is 120 Å². The molecule has 1 unspecified atom stereocenters. The van der Waals surface area contributed by atoms with Gasteiger partial charge in [-0.1, -0.05) is 13.8 Å². The number of methoxy groups -OCH3 is 1. The van der Waals surface area contributed by atoms with Gasteiger partial charge in [0.2, 0.25) is 0 Å². The fraction of sp³-hybridized carbons (Fsp3) is 0.600. The topological polar surface area (TPSA) is 71.5 Å². The van der Waals surface area contributed by atoms with Gasteiger partial charge in [0.25, 0.3) is 5.91 Å². The highest BCUT2D eigenvalue weighted by atomic mass is 16.5. The van der Waals surface area contributed by atoms with Crippen molar-refractivity contribution in [3.8, 4) is 5.75 Å². The van der Waals surface area contributed by atoms with Crippen molar-refractivity contribution in [1.82, 2.24) is 10.3 Å². The number of pyridine rings is 1. The van der Waals surface area contributed by atoms with Crippen LogP contribution in [-0.2, 0) is 0 Å². The molecule has 0 aromatic carbocycles. The van der Waals surface area contributed by atoms with Gasteiger partial charge < -0.3 is 15.2 Å². The van der Waals surface area contributed by atoms with Gasteiger partial charge in [0.1, 0.15) is 11.4 Å². The fourth-order valence-electron chi connectivity index (χ4n) is 2.14. The number of carbonyl (C=O) groups excluding carboxylic acids is 1. The molecule has 20 heavy (non-hydrogen) atoms. The Morgan fingerprint density at radius 2 is 2.25 bits per heavy atom. The second kappa shape index (κ2) is 8.53. The van der Waals surface area contributed by atoms with E-state index in [0.29, 0.717) is 30.3 Å². The van der Waals surface area contributed by atoms with Crippen molar-refractivity contribution in [2.75, 3.05) is 20.3 Å². The lowest BCUT2D eigenvalue weighted by Gasteiger charge is -2.18. The van der Waals surface area contributed by atoms with Crippen LogP contribution in [-0.4, -0.2) is 36.3 Å². The molecule has 112 valence electrons. The van der Waals surface area contributed by atoms with Crippen molar-refractivity contribution in [2.45, 2.75) is 26.7 Å². The lowest BCUT2D eigenvalue weighted by molar-refractivity contribution is 0.0936. The number of rotatable bonds is 8. The molecule has 5 nitrogen and oxygen atoms in total. The van der Waals surface area contributed by atoms with Crippen molar-refractivity contribution in [3.05, 3.63) is 24.0 Å². The number of nitrogens with zero attached hydrogens (tertiary/aromatic N) is 1. The third-order valence-corrected chi connectivity index (χ3v) is 3.09. The van der Waals surface area contributed by atoms with E-state index in [1.807, 2.05) is 0 Å². The van der Waals surface area contributed by atoms with Gasteiger partial charge in [0.15, 0.2) is 0 Å². The summed E-state index contributed by atoms with van der Waals surface area (Å²) in [6, 6.07) is 3.31. The second-order valence-electron chi connectivity index (χ2n) is 5.30. The molecule has 1 aromatic heterocycles. The van der Waals surface area contributed by atoms with Crippen molar-refractivity contribution < 1.29 is 14.6 Å². The van der Waals surface area contributed by atoms with E-state index in [4.69, 9.17) is 9.84 Å². The molecular formula is C15H24N2O3. The van der Waals surface area contributed by atoms with Crippen LogP contribution >= 0.6 is 0 Å². The highest BCUT2D eigenvalue weighted by Crippen LogP contribution is 2.15. The largest absolute Gasteiger partial charge is 0.497 e. The molecule has 0 radical (unpaired) electrons. The van der Waals surface area contributed by atoms with E-state index < -0.39 is 0 Å². The lowest BCUT2D eigenvalue weighted by atomic mass is 9.94. The number of amides is 1. The summed E-state index contributed by atoms with van der Waals surface area (Å²) in [5.74, 6) is 1.22. The first-order valence-electron chi connectivity index (χ1n) is 6.96. The number of hydrogen-bond acceptors (Lipinski definition) is 4. The summed E-state index contributed by atoms with van der Waals surface area (Å²) in [5.41, 5.74) is 0.344. The summed E-state index contributed by atoms with van der Waals surface area (Å²) < 4.78 is 5.07. The minimum absolute atomic E-state index is 0.144. The van der Waals surface area contributed by atoms with Gasteiger partial charge in [-0.2, -0.15) is 0 Å². The minimum Gasteiger partial charge on any atom is -0.497 e. The van der Waals surface area contributed by atoms with Crippen molar-refractivity contribution >= 4 is 5.91 Å². The SMILES string of the molecule is COc1ccnc(C(=O)NCC(CCO)CC(C)C)c1. The Morgan fingerprint density at radius 1 is 1.50 bits per heavy atom. The maximum Gasteiger partial charge on any atom is 0.270 e. The maximum atomic E-state index is 12.0. The van der Waals surface area contributed by atoms with E-state index in [9.17, 15) is 4.79 Å². The number of hydrogen-bond donors (Lipinski definition) is 2. The summed E-state index contributed by atoms with van der Waals surface area (Å²) in [6.45, 7) is 4.97. The van der Waals surface area contributed by atoms with Gasteiger partial charge in [-0.05, 0) is 30.7 Å². The number of ether oxygens (including phenoxy) is 1. The van der Waals surface area contributed by atoms with Gasteiger partial charge in [0, 0.05) is 25.4 Å². The number of aliphatic hydroxyl groups is 1. The maximum absolute atomic E-state index is 12.0. The Balaban J connectivity index is 2.55. The quantitative estimate of drug-likeness (QED) is 0.762. The van der Waals surface area contributed by atoms with Crippen LogP contribution in [0.2, 0.25) is 0 Å². The monoisotopic (exact) mass is 280 g/mol. The van der Waals surface area contributed by atoms with Crippen LogP contribution in [0.4, 0.5) is 0 Å². The average molecular weight is 280 g/mol. The molecule has 0 bridgehead atoms. The fourth-order valence-corrected chi connectivity index (χ4v) is 2.14. The lowest BCUT2D eigenvalue weighted by Crippen LogP contribution is -2.31. The number of aromatic nitrogens is 1. The van der Waals surface area contributed by atoms with Crippen LogP contribution in [0.25, 0.3) is 0 Å². The zero-order valence-corrected chi connectivity index (χ0v) is 12.4. The summed E-state index contributed by atoms with van der Waals surface area (Å²) in [7, 11) is 1.55. The van der Waals surface area contributed by atoms with E-state index >= 15 is 0 Å². The first-order valence-corrected chi connectivity index (χ1v) is 6.96. The minimum atomic E-state index is -0.212. The molecule has 0 aliphatic rings. The van der Waals surface area contributed by atoms with Crippen molar-refractivity contribution in [3.63, 3.8) is 0 Å². The van der Waals surface area contributed by atoms with Crippen LogP contribution in [0.15, 0.2) is 18.3 Å². The van der Waals surface area contributed by atoms with Gasteiger partial charge in [0.05, 0.1) is 7.11 Å². The van der Waals surface area contributed by atoms with E-state index in [2.05, 4.69) is 24.1 Å². The molecule has 1 aromatic rings. The molecule has 0 saturated heterocycles. The molecule has 0 saturated carbocycles. The Morgan fingerprint density at radius 3 is 2.85 bits per heavy atom. The van der Waals surface area contributed by atoms with Crippen molar-refractivity contribution in [2.24, 2.45) is 11.8 Å². The Bertz CT molecular complexity index is 421. The number of nitrogens with one attached hydrogen (secondary N) is 1. The predicted octanol–water partition coefficient (Wildman–Crippen LogP) is 1.86. The van der Waals surface area contributed by atoms with E-state index in [1.165, 1.54) is 0 Å². The first kappa shape index (κ1) is 16.4. The van der Waals surface area contributed by atoms with Gasteiger partial charge >= 0.3 is 0 Å². The molecule has 1 atom stereocenters. The van der Waals surface area contributed by atoms with Crippen LogP contribution in [0, 0.1) is 11.8 Å². The van der Waals surface area contributed by atoms with Crippen LogP contribution in [0.1, 0.15) is 37.2 Å². The third-order valence-electron chi connectivity index (χ3n) is 3.09. The van der Waals surface area contributed by atoms with Gasteiger partial charge in [-0.25, -0.2) is 0 Å². The molecule has 2 N–H and O–H groups in total. The average Bonchev–Trinajstić information content (AvgIpc) is 2.44. The Kier molecular flexibility index (Phi) is 7.01. The zero-order valence-electron chi connectivity index (χ0n) is 12.4. The van der Waals surface area contributed by atoms with E-state index in [0.717, 1.165) is 6.42 Å². The highest BCUT2D eigenvalue weighted by molar-refractivity contribution is 5.92. The molecule has 0 fully saturated rings. The van der Waals surface area contributed by atoms with Crippen LogP contribution < -0.4 is 10.1 Å². The molecule has 1 amide bonds. The molecule has 5 heteroatoms. The normalized spacial score (nSPS) is 12.2. The van der Waals surface area contributed by atoms with Gasteiger partial charge in [-0.15, -0.1) is 0 Å². The second-order valence-corrected chi connectivity index (χ2v) is 5.30. The molecule has 1 heterocycles. The first-order chi connectivity index (χ1) is 9.56. The van der Waals surface area contributed by atoms with Crippen molar-refractivity contribution in [1.29, 1.82) is 0 Å². The summed E-state index contributed by atoms with van der Waals surface area (Å²) in [4.78, 5) is 16.0. The van der Waals surface area contributed by atoms with E-state index in [1.54, 1.807) is 25.4 Å². The number of aliphatic hydroxyl groups excluding tert-OH is 1. The van der Waals surface area contributed by atoms with Crippen LogP contribution in [0.3, 0.4) is 0 Å². The number of carbonyl (C=O) groups is 1.